The molecule has 0 spiro atoms. The second-order valence-electron chi connectivity index (χ2n) is 3.57. The Bertz CT molecular complexity index is 634. The van der Waals surface area contributed by atoms with Crippen LogP contribution >= 0.6 is 27.3 Å². The van der Waals surface area contributed by atoms with Gasteiger partial charge in [-0.15, -0.1) is 11.3 Å². The molecule has 19 heavy (non-hydrogen) atoms. The van der Waals surface area contributed by atoms with Crippen LogP contribution in [-0.2, 0) is 0 Å². The summed E-state index contributed by atoms with van der Waals surface area (Å²) in [4.78, 5) is 11.9. The van der Waals surface area contributed by atoms with Gasteiger partial charge in [-0.25, -0.2) is 0 Å². The average Bonchev–Trinajstić information content (AvgIpc) is 2.83. The minimum Gasteiger partial charge on any atom is -0.479 e. The largest absolute Gasteiger partial charge is 0.479 e. The van der Waals surface area contributed by atoms with Crippen LogP contribution in [0, 0.1) is 11.3 Å². The monoisotopic (exact) mass is 336 g/mol. The van der Waals surface area contributed by atoms with E-state index in [4.69, 9.17) is 10.00 Å². The Hall–Kier alpha value is -1.84. The number of nitriles is 1. The fourth-order valence-corrected chi connectivity index (χ4v) is 2.55. The van der Waals surface area contributed by atoms with Gasteiger partial charge in [0.2, 0.25) is 0 Å². The van der Waals surface area contributed by atoms with Crippen LogP contribution in [0.5, 0.6) is 5.75 Å². The van der Waals surface area contributed by atoms with Gasteiger partial charge in [-0.1, -0.05) is 6.07 Å². The Kier molecular flexibility index (Phi) is 4.55. The number of hydrogen-bond donors (Lipinski definition) is 1. The normalized spacial score (nSPS) is 9.68. The van der Waals surface area contributed by atoms with E-state index in [-0.39, 0.29) is 12.5 Å². The third kappa shape index (κ3) is 3.81. The van der Waals surface area contributed by atoms with Gasteiger partial charge in [-0.3, -0.25) is 4.79 Å². The standard InChI is InChI=1S/C13H9BrN2O2S/c14-12-6-9(8-19-12)13(17)16-10-2-1-3-11(7-10)18-5-4-15/h1-3,6-8H,5H2,(H,16,17). The molecular weight excluding hydrogens is 328 g/mol. The van der Waals surface area contributed by atoms with E-state index in [0.29, 0.717) is 17.0 Å². The van der Waals surface area contributed by atoms with Crippen LogP contribution in [0.15, 0.2) is 39.5 Å². The molecule has 96 valence electrons. The first-order valence-electron chi connectivity index (χ1n) is 5.34. The number of carbonyl (C=O) groups excluding carboxylic acids is 1. The third-order valence-corrected chi connectivity index (χ3v) is 3.73. The van der Waals surface area contributed by atoms with Crippen molar-refractivity contribution in [3.8, 4) is 11.8 Å². The minimum atomic E-state index is -0.181. The molecule has 2 rings (SSSR count). The molecule has 6 heteroatoms. The van der Waals surface area contributed by atoms with E-state index >= 15 is 0 Å². The summed E-state index contributed by atoms with van der Waals surface area (Å²) in [5.74, 6) is 0.366. The van der Waals surface area contributed by atoms with Crippen molar-refractivity contribution in [1.82, 2.24) is 0 Å². The molecule has 0 bridgehead atoms. The number of carbonyl (C=O) groups is 1. The minimum absolute atomic E-state index is 0.0190. The van der Waals surface area contributed by atoms with E-state index in [2.05, 4.69) is 21.2 Å². The van der Waals surface area contributed by atoms with Gasteiger partial charge >= 0.3 is 0 Å². The van der Waals surface area contributed by atoms with E-state index in [0.717, 1.165) is 3.79 Å². The molecule has 0 radical (unpaired) electrons. The number of hydrogen-bond acceptors (Lipinski definition) is 4. The predicted molar refractivity (Wildman–Crippen MR) is 77.5 cm³/mol. The highest BCUT2D eigenvalue weighted by Crippen LogP contribution is 2.22. The Balaban J connectivity index is 2.06. The molecule has 0 fully saturated rings. The van der Waals surface area contributed by atoms with Gasteiger partial charge in [-0.05, 0) is 34.1 Å². The van der Waals surface area contributed by atoms with Gasteiger partial charge in [0.1, 0.15) is 11.8 Å². The number of amides is 1. The maximum atomic E-state index is 11.9. The molecule has 2 aromatic rings. The zero-order valence-corrected chi connectivity index (χ0v) is 12.1. The summed E-state index contributed by atoms with van der Waals surface area (Å²) < 4.78 is 6.08. The molecule has 1 aromatic heterocycles. The van der Waals surface area contributed by atoms with Gasteiger partial charge in [0.25, 0.3) is 5.91 Å². The van der Waals surface area contributed by atoms with E-state index < -0.39 is 0 Å². The van der Waals surface area contributed by atoms with Crippen molar-refractivity contribution < 1.29 is 9.53 Å². The first-order valence-corrected chi connectivity index (χ1v) is 7.01. The lowest BCUT2D eigenvalue weighted by atomic mass is 10.2. The summed E-state index contributed by atoms with van der Waals surface area (Å²) in [6.45, 7) is -0.0190. The van der Waals surface area contributed by atoms with Crippen LogP contribution in [0.1, 0.15) is 10.4 Å². The average molecular weight is 337 g/mol. The topological polar surface area (TPSA) is 62.1 Å². The number of ether oxygens (including phenoxy) is 1. The number of thiophene rings is 1. The fraction of sp³-hybridized carbons (Fsp3) is 0.0769. The molecule has 0 aliphatic heterocycles. The van der Waals surface area contributed by atoms with Crippen LogP contribution in [0.3, 0.4) is 0 Å². The van der Waals surface area contributed by atoms with E-state index in [1.165, 1.54) is 11.3 Å². The maximum absolute atomic E-state index is 11.9. The van der Waals surface area contributed by atoms with Gasteiger partial charge in [0.05, 0.1) is 9.35 Å². The Labute approximate surface area is 122 Å². The molecule has 4 nitrogen and oxygen atoms in total. The van der Waals surface area contributed by atoms with Crippen molar-refractivity contribution in [2.45, 2.75) is 0 Å². The van der Waals surface area contributed by atoms with Gasteiger partial charge in [0, 0.05) is 17.1 Å². The summed E-state index contributed by atoms with van der Waals surface area (Å²) in [6.07, 6.45) is 0. The molecule has 0 saturated carbocycles. The Morgan fingerprint density at radius 2 is 2.32 bits per heavy atom. The summed E-state index contributed by atoms with van der Waals surface area (Å²) in [5.41, 5.74) is 1.22. The highest BCUT2D eigenvalue weighted by atomic mass is 79.9. The van der Waals surface area contributed by atoms with Gasteiger partial charge in [0.15, 0.2) is 6.61 Å². The highest BCUT2D eigenvalue weighted by molar-refractivity contribution is 9.11. The maximum Gasteiger partial charge on any atom is 0.256 e. The Morgan fingerprint density at radius 1 is 1.47 bits per heavy atom. The second-order valence-corrected chi connectivity index (χ2v) is 5.86. The van der Waals surface area contributed by atoms with Crippen molar-refractivity contribution in [3.05, 3.63) is 45.1 Å². The number of nitrogens with zero attached hydrogens (tertiary/aromatic N) is 1. The van der Waals surface area contributed by atoms with Crippen molar-refractivity contribution in [2.75, 3.05) is 11.9 Å². The summed E-state index contributed by atoms with van der Waals surface area (Å²) in [5, 5.41) is 13.0. The zero-order chi connectivity index (χ0) is 13.7. The molecule has 0 atom stereocenters. The van der Waals surface area contributed by atoms with E-state index in [9.17, 15) is 4.79 Å². The highest BCUT2D eigenvalue weighted by Gasteiger charge is 2.08. The van der Waals surface area contributed by atoms with E-state index in [1.807, 2.05) is 6.07 Å². The number of anilines is 1. The number of rotatable bonds is 4. The smallest absolute Gasteiger partial charge is 0.256 e. The molecule has 1 aromatic carbocycles. The molecule has 1 heterocycles. The van der Waals surface area contributed by atoms with Crippen LogP contribution in [-0.4, -0.2) is 12.5 Å². The molecular formula is C13H9BrN2O2S. The van der Waals surface area contributed by atoms with E-state index in [1.54, 1.807) is 35.7 Å². The predicted octanol–water partition coefficient (Wildman–Crippen LogP) is 3.67. The number of benzene rings is 1. The zero-order valence-electron chi connectivity index (χ0n) is 9.72. The lowest BCUT2D eigenvalue weighted by molar-refractivity contribution is 0.102. The van der Waals surface area contributed by atoms with Gasteiger partial charge < -0.3 is 10.1 Å². The lowest BCUT2D eigenvalue weighted by Crippen LogP contribution is -2.10. The first kappa shape index (κ1) is 13.6. The molecule has 0 aliphatic carbocycles. The Morgan fingerprint density at radius 3 is 3.00 bits per heavy atom. The lowest BCUT2D eigenvalue weighted by Gasteiger charge is -2.06. The molecule has 0 saturated heterocycles. The van der Waals surface area contributed by atoms with Crippen molar-refractivity contribution in [2.24, 2.45) is 0 Å². The molecule has 0 unspecified atom stereocenters. The van der Waals surface area contributed by atoms with Crippen molar-refractivity contribution in [1.29, 1.82) is 5.26 Å². The second kappa shape index (κ2) is 6.36. The van der Waals surface area contributed by atoms with Gasteiger partial charge in [-0.2, -0.15) is 5.26 Å². The van der Waals surface area contributed by atoms with Crippen LogP contribution in [0.2, 0.25) is 0 Å². The van der Waals surface area contributed by atoms with Crippen LogP contribution < -0.4 is 10.1 Å². The number of nitrogens with one attached hydrogen (secondary N) is 1. The van der Waals surface area contributed by atoms with Crippen molar-refractivity contribution >= 4 is 38.9 Å². The first-order chi connectivity index (χ1) is 9.19. The summed E-state index contributed by atoms with van der Waals surface area (Å²) in [7, 11) is 0. The molecule has 0 aliphatic rings. The van der Waals surface area contributed by atoms with Crippen LogP contribution in [0.25, 0.3) is 0 Å². The van der Waals surface area contributed by atoms with Crippen LogP contribution in [0.4, 0.5) is 5.69 Å². The number of halogens is 1. The molecule has 1 amide bonds. The third-order valence-electron chi connectivity index (χ3n) is 2.22. The quantitative estimate of drug-likeness (QED) is 0.926. The summed E-state index contributed by atoms with van der Waals surface area (Å²) >= 11 is 4.77. The van der Waals surface area contributed by atoms with Crippen molar-refractivity contribution in [3.63, 3.8) is 0 Å². The summed E-state index contributed by atoms with van der Waals surface area (Å²) in [6, 6.07) is 10.6. The molecule has 1 N–H and O–H groups in total. The fourth-order valence-electron chi connectivity index (χ4n) is 1.41. The SMILES string of the molecule is N#CCOc1cccc(NC(=O)c2csc(Br)c2)c1.